The van der Waals surface area contributed by atoms with Crippen molar-refractivity contribution in [3.05, 3.63) is 178 Å². The molecule has 0 aromatic heterocycles. The molecule has 2 aliphatic heterocycles. The molecule has 0 amide bonds. The highest BCUT2D eigenvalue weighted by Crippen LogP contribution is 2.56. The second-order valence-corrected chi connectivity index (χ2v) is 26.1. The predicted octanol–water partition coefficient (Wildman–Crippen LogP) is 16.5. The molecule has 71 heavy (non-hydrogen) atoms. The Labute approximate surface area is 430 Å². The van der Waals surface area contributed by atoms with E-state index in [9.17, 15) is 4.11 Å². The van der Waals surface area contributed by atoms with Gasteiger partial charge in [0.15, 0.2) is 0 Å². The quantitative estimate of drug-likeness (QED) is 0.159. The Balaban J connectivity index is 1.22. The molecule has 12 rings (SSSR count). The van der Waals surface area contributed by atoms with Crippen molar-refractivity contribution in [3.8, 4) is 0 Å². The van der Waals surface area contributed by atoms with Gasteiger partial charge in [0, 0.05) is 55.3 Å². The number of nitrogens with zero attached hydrogens (tertiary/aromatic N) is 3. The van der Waals surface area contributed by atoms with Gasteiger partial charge in [-0.15, -0.1) is 0 Å². The zero-order valence-corrected chi connectivity index (χ0v) is 44.7. The maximum absolute atomic E-state index is 9.27. The number of rotatable bonds is 5. The maximum atomic E-state index is 9.27. The Hall–Kier alpha value is -6.00. The van der Waals surface area contributed by atoms with Gasteiger partial charge in [0.2, 0.25) is 0 Å². The van der Waals surface area contributed by atoms with E-state index in [-0.39, 0.29) is 39.2 Å². The Morgan fingerprint density at radius 3 is 1.51 bits per heavy atom. The molecule has 0 bridgehead atoms. The van der Waals surface area contributed by atoms with E-state index in [0.29, 0.717) is 5.56 Å². The molecule has 5 aliphatic rings. The Morgan fingerprint density at radius 2 is 0.915 bits per heavy atom. The number of fused-ring (bicyclic) bond motifs is 7. The van der Waals surface area contributed by atoms with E-state index in [1.807, 2.05) is 12.1 Å². The molecule has 0 radical (unpaired) electrons. The largest absolute Gasteiger partial charge is 0.311 e. The molecule has 7 aromatic carbocycles. The van der Waals surface area contributed by atoms with Gasteiger partial charge in [-0.25, -0.2) is 0 Å². The standard InChI is InChI=1S/C67H74BN3/c1-42-33-59-61-60(34-42)71(57-39-52-49(35-43(57)2)63(5,6)31-32-65(52,9)10)58-40-53-51(66(11,12)41-67(53,13)14)38-55(58)68(61)54-37-47(69(44-21-17-15-18-22-44)45-23-19-16-20-24-45)26-28-56(54)70(59)46-25-27-48-50(36-46)64(7,8)30-29-62(48,3)4/h15-28,33-40H,29-32,41H2,1-14H3/i1D3. The fourth-order valence-electron chi connectivity index (χ4n) is 14.4. The predicted molar refractivity (Wildman–Crippen MR) is 306 cm³/mol. The van der Waals surface area contributed by atoms with Crippen LogP contribution < -0.4 is 31.1 Å². The normalized spacial score (nSPS) is 20.5. The highest BCUT2D eigenvalue weighted by Gasteiger charge is 2.49. The van der Waals surface area contributed by atoms with E-state index in [2.05, 4.69) is 226 Å². The van der Waals surface area contributed by atoms with Crippen LogP contribution in [-0.2, 0) is 32.5 Å². The molecule has 4 heteroatoms. The zero-order valence-electron chi connectivity index (χ0n) is 47.7. The van der Waals surface area contributed by atoms with Crippen molar-refractivity contribution >= 4 is 74.3 Å². The van der Waals surface area contributed by atoms with Crippen LogP contribution in [0.15, 0.2) is 133 Å². The Morgan fingerprint density at radius 1 is 0.423 bits per heavy atom. The lowest BCUT2D eigenvalue weighted by Gasteiger charge is -2.47. The van der Waals surface area contributed by atoms with Crippen molar-refractivity contribution in [2.24, 2.45) is 0 Å². The Kier molecular flexibility index (Phi) is 9.17. The van der Waals surface area contributed by atoms with Crippen molar-refractivity contribution in [1.29, 1.82) is 0 Å². The van der Waals surface area contributed by atoms with Crippen molar-refractivity contribution in [2.45, 2.75) is 161 Å². The summed E-state index contributed by atoms with van der Waals surface area (Å²) < 4.78 is 27.8. The molecular formula is C67H74BN3. The molecule has 0 spiro atoms. The van der Waals surface area contributed by atoms with Crippen LogP contribution >= 0.6 is 0 Å². The fourth-order valence-corrected chi connectivity index (χ4v) is 14.4. The van der Waals surface area contributed by atoms with E-state index in [0.717, 1.165) is 88.8 Å². The zero-order chi connectivity index (χ0) is 52.4. The average Bonchev–Trinajstić information content (AvgIpc) is 3.57. The third kappa shape index (κ3) is 6.96. The second-order valence-electron chi connectivity index (χ2n) is 26.1. The topological polar surface area (TPSA) is 9.72 Å². The van der Waals surface area contributed by atoms with Crippen LogP contribution in [-0.4, -0.2) is 6.71 Å². The van der Waals surface area contributed by atoms with E-state index in [4.69, 9.17) is 0 Å². The van der Waals surface area contributed by atoms with Crippen molar-refractivity contribution in [2.75, 3.05) is 14.7 Å². The molecule has 3 nitrogen and oxygen atoms in total. The van der Waals surface area contributed by atoms with Crippen LogP contribution in [0.2, 0.25) is 0 Å². The third-order valence-electron chi connectivity index (χ3n) is 18.3. The first-order valence-electron chi connectivity index (χ1n) is 28.0. The van der Waals surface area contributed by atoms with Crippen molar-refractivity contribution < 1.29 is 4.11 Å². The molecule has 0 saturated heterocycles. The number of benzene rings is 7. The summed E-state index contributed by atoms with van der Waals surface area (Å²) in [6, 6.07) is 49.8. The summed E-state index contributed by atoms with van der Waals surface area (Å²) in [6.07, 6.45) is 5.48. The summed E-state index contributed by atoms with van der Waals surface area (Å²) in [5.41, 5.74) is 22.9. The third-order valence-corrected chi connectivity index (χ3v) is 18.3. The van der Waals surface area contributed by atoms with Crippen LogP contribution in [0, 0.1) is 13.8 Å². The minimum atomic E-state index is -2.38. The number of para-hydroxylation sites is 2. The van der Waals surface area contributed by atoms with E-state index in [1.54, 1.807) is 0 Å². The summed E-state index contributed by atoms with van der Waals surface area (Å²) in [5.74, 6) is 0. The highest BCUT2D eigenvalue weighted by atomic mass is 15.2. The van der Waals surface area contributed by atoms with Crippen LogP contribution in [0.1, 0.15) is 164 Å². The van der Waals surface area contributed by atoms with Gasteiger partial charge in [-0.2, -0.15) is 0 Å². The van der Waals surface area contributed by atoms with Crippen LogP contribution in [0.4, 0.5) is 51.2 Å². The lowest BCUT2D eigenvalue weighted by atomic mass is 9.33. The SMILES string of the molecule is [2H]C([2H])([2H])c1cc2c3c(c1)N(c1cc4c(cc1C)C(C)(C)CCC4(C)C)c1cc4c(cc1B3c1cc(N(c3ccccc3)c3ccccc3)ccc1N2c1ccc2c(c1)C(C)(C)CCC2(C)C)C(C)(C)CC4(C)C. The lowest BCUT2D eigenvalue weighted by Crippen LogP contribution is -2.61. The molecule has 0 unspecified atom stereocenters. The number of hydrogen-bond donors (Lipinski definition) is 0. The smallest absolute Gasteiger partial charge is 0.252 e. The van der Waals surface area contributed by atoms with Gasteiger partial charge in [0.25, 0.3) is 6.71 Å². The summed E-state index contributed by atoms with van der Waals surface area (Å²) in [5, 5.41) is 0. The van der Waals surface area contributed by atoms with Gasteiger partial charge < -0.3 is 14.7 Å². The van der Waals surface area contributed by atoms with Crippen LogP contribution in [0.3, 0.4) is 0 Å². The van der Waals surface area contributed by atoms with Crippen molar-refractivity contribution in [1.82, 2.24) is 0 Å². The molecule has 0 atom stereocenters. The second kappa shape index (κ2) is 15.3. The molecule has 0 N–H and O–H groups in total. The summed E-state index contributed by atoms with van der Waals surface area (Å²) in [6.45, 7) is 28.6. The first kappa shape index (κ1) is 42.7. The number of hydrogen-bond acceptors (Lipinski definition) is 3. The van der Waals surface area contributed by atoms with Crippen LogP contribution in [0.25, 0.3) is 0 Å². The summed E-state index contributed by atoms with van der Waals surface area (Å²) in [7, 11) is 0. The van der Waals surface area contributed by atoms with Gasteiger partial charge in [0.1, 0.15) is 0 Å². The molecule has 0 fully saturated rings. The maximum Gasteiger partial charge on any atom is 0.252 e. The minimum Gasteiger partial charge on any atom is -0.311 e. The van der Waals surface area contributed by atoms with Gasteiger partial charge in [-0.3, -0.25) is 0 Å². The first-order chi connectivity index (χ1) is 34.7. The number of aryl methyl sites for hydroxylation is 2. The molecule has 3 aliphatic carbocycles. The molecule has 7 aromatic rings. The summed E-state index contributed by atoms with van der Waals surface area (Å²) >= 11 is 0. The van der Waals surface area contributed by atoms with Gasteiger partial charge in [-0.1, -0.05) is 138 Å². The highest BCUT2D eigenvalue weighted by molar-refractivity contribution is 7.00. The van der Waals surface area contributed by atoms with Crippen LogP contribution in [0.5, 0.6) is 0 Å². The summed E-state index contributed by atoms with van der Waals surface area (Å²) in [4.78, 5) is 7.33. The minimum absolute atomic E-state index is 0.0315. The van der Waals surface area contributed by atoms with E-state index in [1.165, 1.54) is 49.9 Å². The Bertz CT molecular complexity index is 3410. The van der Waals surface area contributed by atoms with Gasteiger partial charge >= 0.3 is 0 Å². The fraction of sp³-hybridized carbons (Fsp3) is 0.373. The molecular weight excluding hydrogens is 858 g/mol. The lowest BCUT2D eigenvalue weighted by molar-refractivity contribution is 0.332. The van der Waals surface area contributed by atoms with E-state index >= 15 is 0 Å². The molecule has 0 saturated carbocycles. The molecule has 360 valence electrons. The molecule has 2 heterocycles. The first-order valence-corrected chi connectivity index (χ1v) is 26.5. The van der Waals surface area contributed by atoms with Gasteiger partial charge in [-0.05, 0) is 218 Å². The van der Waals surface area contributed by atoms with Gasteiger partial charge in [0.05, 0.1) is 0 Å². The average molecular weight is 935 g/mol. The van der Waals surface area contributed by atoms with E-state index < -0.39 is 6.85 Å². The monoisotopic (exact) mass is 935 g/mol. The number of anilines is 9. The van der Waals surface area contributed by atoms with Crippen molar-refractivity contribution in [3.63, 3.8) is 0 Å².